The van der Waals surface area contributed by atoms with Gasteiger partial charge in [-0.3, -0.25) is 4.68 Å². The lowest BCUT2D eigenvalue weighted by molar-refractivity contribution is 0.414. The summed E-state index contributed by atoms with van der Waals surface area (Å²) in [4.78, 5) is 0. The summed E-state index contributed by atoms with van der Waals surface area (Å²) in [5.74, 6) is 1.35. The molecule has 2 rings (SSSR count). The van der Waals surface area contributed by atoms with Gasteiger partial charge in [0, 0.05) is 6.20 Å². The Balaban J connectivity index is 2.15. The zero-order valence-electron chi connectivity index (χ0n) is 10.9. The van der Waals surface area contributed by atoms with Crippen molar-refractivity contribution in [2.24, 2.45) is 0 Å². The van der Waals surface area contributed by atoms with Crippen LogP contribution in [-0.4, -0.2) is 16.9 Å². The maximum atomic E-state index is 5.15. The normalized spacial score (nSPS) is 10.9. The van der Waals surface area contributed by atoms with Crippen LogP contribution in [0.25, 0.3) is 0 Å². The predicted octanol–water partition coefficient (Wildman–Crippen LogP) is 3.67. The molecule has 1 heterocycles. The van der Waals surface area contributed by atoms with E-state index in [1.807, 2.05) is 16.8 Å². The molecule has 0 N–H and O–H groups in total. The first-order chi connectivity index (χ1) is 8.60. The van der Waals surface area contributed by atoms with Gasteiger partial charge in [0.05, 0.1) is 22.9 Å². The van der Waals surface area contributed by atoms with Crippen molar-refractivity contribution >= 4 is 22.6 Å². The van der Waals surface area contributed by atoms with Gasteiger partial charge in [-0.15, -0.1) is 0 Å². The average Bonchev–Trinajstić information content (AvgIpc) is 2.71. The van der Waals surface area contributed by atoms with E-state index in [0.29, 0.717) is 5.92 Å². The van der Waals surface area contributed by atoms with E-state index < -0.39 is 0 Å². The van der Waals surface area contributed by atoms with Crippen LogP contribution in [0, 0.1) is 3.57 Å². The first-order valence-corrected chi connectivity index (χ1v) is 7.04. The minimum atomic E-state index is 0.467. The van der Waals surface area contributed by atoms with Crippen molar-refractivity contribution in [2.45, 2.75) is 26.3 Å². The van der Waals surface area contributed by atoms with E-state index in [-0.39, 0.29) is 0 Å². The van der Waals surface area contributed by atoms with Crippen LogP contribution in [0.15, 0.2) is 30.5 Å². The zero-order valence-corrected chi connectivity index (χ0v) is 13.0. The lowest BCUT2D eigenvalue weighted by Crippen LogP contribution is -2.01. The van der Waals surface area contributed by atoms with Gasteiger partial charge in [0.1, 0.15) is 5.75 Å². The summed E-state index contributed by atoms with van der Waals surface area (Å²) < 4.78 is 8.38. The summed E-state index contributed by atoms with van der Waals surface area (Å²) in [6.45, 7) is 5.14. The van der Waals surface area contributed by atoms with Gasteiger partial charge >= 0.3 is 0 Å². The third-order valence-electron chi connectivity index (χ3n) is 2.79. The fraction of sp³-hybridized carbons (Fsp3) is 0.357. The zero-order chi connectivity index (χ0) is 13.1. The number of hydrogen-bond donors (Lipinski definition) is 0. The van der Waals surface area contributed by atoms with Crippen molar-refractivity contribution in [2.75, 3.05) is 7.11 Å². The molecule has 0 unspecified atom stereocenters. The summed E-state index contributed by atoms with van der Waals surface area (Å²) in [6, 6.07) is 8.10. The van der Waals surface area contributed by atoms with E-state index in [9.17, 15) is 0 Å². The number of methoxy groups -OCH3 is 1. The van der Waals surface area contributed by atoms with Gasteiger partial charge in [-0.2, -0.15) is 5.10 Å². The van der Waals surface area contributed by atoms with Crippen molar-refractivity contribution < 1.29 is 4.74 Å². The van der Waals surface area contributed by atoms with E-state index in [1.54, 1.807) is 7.11 Å². The second-order valence-corrected chi connectivity index (χ2v) is 5.72. The molecule has 0 amide bonds. The highest BCUT2D eigenvalue weighted by Crippen LogP contribution is 2.20. The van der Waals surface area contributed by atoms with Crippen LogP contribution in [0.5, 0.6) is 5.75 Å². The van der Waals surface area contributed by atoms with Gasteiger partial charge in [0.2, 0.25) is 0 Å². The van der Waals surface area contributed by atoms with Gasteiger partial charge in [0.15, 0.2) is 0 Å². The van der Waals surface area contributed by atoms with Crippen LogP contribution in [0.3, 0.4) is 0 Å². The van der Waals surface area contributed by atoms with Crippen LogP contribution in [0.2, 0.25) is 0 Å². The molecular formula is C14H17IN2O. The van der Waals surface area contributed by atoms with Crippen LogP contribution >= 0.6 is 22.6 Å². The molecular weight excluding hydrogens is 339 g/mol. The highest BCUT2D eigenvalue weighted by Gasteiger charge is 2.10. The molecule has 1 aromatic carbocycles. The van der Waals surface area contributed by atoms with Gasteiger partial charge in [-0.25, -0.2) is 0 Å². The topological polar surface area (TPSA) is 27.1 Å². The van der Waals surface area contributed by atoms with Crippen molar-refractivity contribution in [1.29, 1.82) is 0 Å². The molecule has 4 heteroatoms. The standard InChI is InChI=1S/C14H17IN2O/c1-10(2)14-13(15)9-17(16-14)8-11-4-6-12(18-3)7-5-11/h4-7,9-10H,8H2,1-3H3. The van der Waals surface area contributed by atoms with E-state index in [2.05, 4.69) is 59.9 Å². The lowest BCUT2D eigenvalue weighted by Gasteiger charge is -2.04. The minimum Gasteiger partial charge on any atom is -0.497 e. The molecule has 0 saturated carbocycles. The molecule has 0 radical (unpaired) electrons. The fourth-order valence-electron chi connectivity index (χ4n) is 1.80. The highest BCUT2D eigenvalue weighted by molar-refractivity contribution is 14.1. The summed E-state index contributed by atoms with van der Waals surface area (Å²) in [6.07, 6.45) is 2.10. The Hall–Kier alpha value is -1.04. The largest absolute Gasteiger partial charge is 0.497 e. The maximum absolute atomic E-state index is 5.15. The third-order valence-corrected chi connectivity index (χ3v) is 3.62. The Morgan fingerprint density at radius 2 is 1.94 bits per heavy atom. The van der Waals surface area contributed by atoms with Crippen molar-refractivity contribution in [3.63, 3.8) is 0 Å². The van der Waals surface area contributed by atoms with Gasteiger partial charge in [-0.05, 0) is 46.2 Å². The van der Waals surface area contributed by atoms with E-state index >= 15 is 0 Å². The summed E-state index contributed by atoms with van der Waals surface area (Å²) in [5, 5.41) is 4.63. The maximum Gasteiger partial charge on any atom is 0.118 e. The van der Waals surface area contributed by atoms with Crippen molar-refractivity contribution in [1.82, 2.24) is 9.78 Å². The summed E-state index contributed by atoms with van der Waals surface area (Å²) >= 11 is 2.35. The molecule has 96 valence electrons. The second-order valence-electron chi connectivity index (χ2n) is 4.56. The molecule has 0 saturated heterocycles. The van der Waals surface area contributed by atoms with E-state index in [1.165, 1.54) is 14.8 Å². The van der Waals surface area contributed by atoms with Crippen LogP contribution < -0.4 is 4.74 Å². The summed E-state index contributed by atoms with van der Waals surface area (Å²) in [7, 11) is 1.68. The molecule has 3 nitrogen and oxygen atoms in total. The quantitative estimate of drug-likeness (QED) is 0.782. The predicted molar refractivity (Wildman–Crippen MR) is 81.1 cm³/mol. The second kappa shape index (κ2) is 5.73. The smallest absolute Gasteiger partial charge is 0.118 e. The molecule has 1 aromatic heterocycles. The number of hydrogen-bond acceptors (Lipinski definition) is 2. The van der Waals surface area contributed by atoms with E-state index in [4.69, 9.17) is 4.74 Å². The molecule has 0 bridgehead atoms. The number of ether oxygens (including phenoxy) is 1. The van der Waals surface area contributed by atoms with Crippen LogP contribution in [0.1, 0.15) is 31.0 Å². The molecule has 0 aliphatic carbocycles. The third kappa shape index (κ3) is 3.04. The Bertz CT molecular complexity index is 517. The average molecular weight is 356 g/mol. The van der Waals surface area contributed by atoms with E-state index in [0.717, 1.165) is 12.3 Å². The molecule has 0 atom stereocenters. The molecule has 18 heavy (non-hydrogen) atoms. The van der Waals surface area contributed by atoms with Crippen molar-refractivity contribution in [3.8, 4) is 5.75 Å². The van der Waals surface area contributed by atoms with Crippen LogP contribution in [0.4, 0.5) is 0 Å². The number of benzene rings is 1. The number of aromatic nitrogens is 2. The number of halogens is 1. The Kier molecular flexibility index (Phi) is 4.27. The Morgan fingerprint density at radius 3 is 2.44 bits per heavy atom. The van der Waals surface area contributed by atoms with Crippen molar-refractivity contribution in [3.05, 3.63) is 45.3 Å². The summed E-state index contributed by atoms with van der Waals surface area (Å²) in [5.41, 5.74) is 2.40. The minimum absolute atomic E-state index is 0.467. The van der Waals surface area contributed by atoms with Gasteiger partial charge < -0.3 is 4.74 Å². The number of nitrogens with zero attached hydrogens (tertiary/aromatic N) is 2. The van der Waals surface area contributed by atoms with Gasteiger partial charge in [-0.1, -0.05) is 26.0 Å². The molecule has 0 spiro atoms. The highest BCUT2D eigenvalue weighted by atomic mass is 127. The molecule has 2 aromatic rings. The number of rotatable bonds is 4. The monoisotopic (exact) mass is 356 g/mol. The first kappa shape index (κ1) is 13.4. The lowest BCUT2D eigenvalue weighted by atomic mass is 10.1. The molecule has 0 fully saturated rings. The Morgan fingerprint density at radius 1 is 1.28 bits per heavy atom. The SMILES string of the molecule is COc1ccc(Cn2cc(I)c(C(C)C)n2)cc1. The first-order valence-electron chi connectivity index (χ1n) is 5.96. The Labute approximate surface area is 121 Å². The fourth-order valence-corrected chi connectivity index (χ4v) is 2.85. The van der Waals surface area contributed by atoms with Crippen LogP contribution in [-0.2, 0) is 6.54 Å². The molecule has 0 aliphatic rings. The molecule has 0 aliphatic heterocycles. The van der Waals surface area contributed by atoms with Gasteiger partial charge in [0.25, 0.3) is 0 Å².